The third kappa shape index (κ3) is 1.65. The predicted molar refractivity (Wildman–Crippen MR) is 52.1 cm³/mol. The lowest BCUT2D eigenvalue weighted by Gasteiger charge is -1.91. The molecule has 2 aromatic rings. The highest BCUT2D eigenvalue weighted by Crippen LogP contribution is 2.04. The second-order valence-electron chi connectivity index (χ2n) is 2.98. The molecule has 2 heterocycles. The van der Waals surface area contributed by atoms with Gasteiger partial charge in [0.05, 0.1) is 0 Å². The molecule has 0 bridgehead atoms. The number of halogens is 1. The zero-order valence-electron chi connectivity index (χ0n) is 7.37. The van der Waals surface area contributed by atoms with Crippen LogP contribution in [-0.4, -0.2) is 20.5 Å². The van der Waals surface area contributed by atoms with Gasteiger partial charge >= 0.3 is 0 Å². The smallest absolute Gasteiger partial charge is 0.155 e. The van der Waals surface area contributed by atoms with E-state index in [0.29, 0.717) is 5.88 Å². The summed E-state index contributed by atoms with van der Waals surface area (Å²) in [4.78, 5) is 4.31. The van der Waals surface area contributed by atoms with Crippen LogP contribution in [0.2, 0.25) is 0 Å². The minimum atomic E-state index is 0.565. The van der Waals surface area contributed by atoms with Gasteiger partial charge in [0.1, 0.15) is 0 Å². The SMILES string of the molecule is Cc1ccc2nc(CCCl)nn2c1. The molecular weight excluding hydrogens is 186 g/mol. The van der Waals surface area contributed by atoms with E-state index in [-0.39, 0.29) is 0 Å². The van der Waals surface area contributed by atoms with E-state index in [1.54, 1.807) is 4.52 Å². The average Bonchev–Trinajstić information content (AvgIpc) is 2.46. The monoisotopic (exact) mass is 195 g/mol. The number of aromatic nitrogens is 3. The van der Waals surface area contributed by atoms with Crippen LogP contribution in [0.1, 0.15) is 11.4 Å². The average molecular weight is 196 g/mol. The van der Waals surface area contributed by atoms with Crippen molar-refractivity contribution in [3.63, 3.8) is 0 Å². The third-order valence-corrected chi connectivity index (χ3v) is 2.03. The van der Waals surface area contributed by atoms with E-state index < -0.39 is 0 Å². The van der Waals surface area contributed by atoms with Crippen LogP contribution in [0.25, 0.3) is 5.65 Å². The van der Waals surface area contributed by atoms with Crippen LogP contribution in [0.15, 0.2) is 18.3 Å². The summed E-state index contributed by atoms with van der Waals surface area (Å²) >= 11 is 5.61. The molecule has 0 amide bonds. The van der Waals surface area contributed by atoms with Crippen molar-refractivity contribution < 1.29 is 0 Å². The molecule has 0 N–H and O–H groups in total. The van der Waals surface area contributed by atoms with Crippen LogP contribution in [0.3, 0.4) is 0 Å². The second-order valence-corrected chi connectivity index (χ2v) is 3.35. The Labute approximate surface area is 81.4 Å². The normalized spacial score (nSPS) is 10.9. The van der Waals surface area contributed by atoms with Gasteiger partial charge in [-0.25, -0.2) is 9.50 Å². The summed E-state index contributed by atoms with van der Waals surface area (Å²) in [5, 5.41) is 4.28. The van der Waals surface area contributed by atoms with Crippen LogP contribution in [0.5, 0.6) is 0 Å². The molecule has 13 heavy (non-hydrogen) atoms. The Balaban J connectivity index is 2.49. The highest BCUT2D eigenvalue weighted by molar-refractivity contribution is 6.17. The summed E-state index contributed by atoms with van der Waals surface area (Å²) in [7, 11) is 0. The van der Waals surface area contributed by atoms with Crippen molar-refractivity contribution in [3.8, 4) is 0 Å². The zero-order valence-corrected chi connectivity index (χ0v) is 8.12. The quantitative estimate of drug-likeness (QED) is 0.685. The van der Waals surface area contributed by atoms with Crippen molar-refractivity contribution in [2.45, 2.75) is 13.3 Å². The van der Waals surface area contributed by atoms with Gasteiger partial charge in [0.2, 0.25) is 0 Å². The van der Waals surface area contributed by atoms with Gasteiger partial charge in [0, 0.05) is 18.5 Å². The maximum Gasteiger partial charge on any atom is 0.155 e. The van der Waals surface area contributed by atoms with Crippen LogP contribution in [0.4, 0.5) is 0 Å². The molecule has 0 aliphatic rings. The van der Waals surface area contributed by atoms with Gasteiger partial charge in [-0.2, -0.15) is 5.10 Å². The second kappa shape index (κ2) is 3.34. The lowest BCUT2D eigenvalue weighted by Crippen LogP contribution is -1.90. The van der Waals surface area contributed by atoms with Gasteiger partial charge in [-0.05, 0) is 18.6 Å². The number of hydrogen-bond acceptors (Lipinski definition) is 2. The van der Waals surface area contributed by atoms with Gasteiger partial charge in [-0.15, -0.1) is 11.6 Å². The summed E-state index contributed by atoms with van der Waals surface area (Å²) in [6.07, 6.45) is 2.68. The molecule has 2 aromatic heterocycles. The molecule has 68 valence electrons. The number of fused-ring (bicyclic) bond motifs is 1. The first-order valence-corrected chi connectivity index (χ1v) is 4.71. The summed E-state index contributed by atoms with van der Waals surface area (Å²) in [5.41, 5.74) is 2.06. The molecule has 0 aromatic carbocycles. The Kier molecular flexibility index (Phi) is 2.19. The summed E-state index contributed by atoms with van der Waals surface area (Å²) in [6.45, 7) is 2.03. The maximum absolute atomic E-state index is 5.61. The van der Waals surface area contributed by atoms with Crippen molar-refractivity contribution in [2.75, 3.05) is 5.88 Å². The largest absolute Gasteiger partial charge is 0.221 e. The van der Waals surface area contributed by atoms with Crippen molar-refractivity contribution in [2.24, 2.45) is 0 Å². The lowest BCUT2D eigenvalue weighted by atomic mass is 10.3. The summed E-state index contributed by atoms with van der Waals surface area (Å²) in [6, 6.07) is 3.98. The Bertz CT molecular complexity index is 422. The minimum Gasteiger partial charge on any atom is -0.221 e. The predicted octanol–water partition coefficient (Wildman–Crippen LogP) is 1.82. The molecule has 4 heteroatoms. The molecule has 0 spiro atoms. The van der Waals surface area contributed by atoms with E-state index in [9.17, 15) is 0 Å². The van der Waals surface area contributed by atoms with Gasteiger partial charge in [-0.1, -0.05) is 6.07 Å². The Morgan fingerprint density at radius 3 is 3.08 bits per heavy atom. The van der Waals surface area contributed by atoms with Gasteiger partial charge in [0.15, 0.2) is 11.5 Å². The number of rotatable bonds is 2. The Morgan fingerprint density at radius 1 is 1.46 bits per heavy atom. The lowest BCUT2D eigenvalue weighted by molar-refractivity contribution is 0.884. The van der Waals surface area contributed by atoms with Gasteiger partial charge in [0.25, 0.3) is 0 Å². The highest BCUT2D eigenvalue weighted by atomic mass is 35.5. The van der Waals surface area contributed by atoms with Gasteiger partial charge in [-0.3, -0.25) is 0 Å². The number of hydrogen-bond donors (Lipinski definition) is 0. The molecular formula is C9H10ClN3. The summed E-state index contributed by atoms with van der Waals surface area (Å²) < 4.78 is 1.79. The first-order valence-electron chi connectivity index (χ1n) is 4.17. The van der Waals surface area contributed by atoms with E-state index in [1.807, 2.05) is 25.3 Å². The van der Waals surface area contributed by atoms with E-state index in [2.05, 4.69) is 10.1 Å². The molecule has 2 rings (SSSR count). The highest BCUT2D eigenvalue weighted by Gasteiger charge is 2.01. The number of alkyl halides is 1. The van der Waals surface area contributed by atoms with Crippen molar-refractivity contribution in [1.29, 1.82) is 0 Å². The molecule has 0 fully saturated rings. The first kappa shape index (κ1) is 8.51. The number of pyridine rings is 1. The third-order valence-electron chi connectivity index (χ3n) is 1.84. The van der Waals surface area contributed by atoms with Crippen LogP contribution < -0.4 is 0 Å². The first-order chi connectivity index (χ1) is 6.29. The van der Waals surface area contributed by atoms with E-state index in [0.717, 1.165) is 17.9 Å². The van der Waals surface area contributed by atoms with E-state index >= 15 is 0 Å². The minimum absolute atomic E-state index is 0.565. The molecule has 0 radical (unpaired) electrons. The topological polar surface area (TPSA) is 30.2 Å². The molecule has 0 aliphatic carbocycles. The number of aryl methyl sites for hydroxylation is 2. The molecule has 0 atom stereocenters. The van der Waals surface area contributed by atoms with E-state index in [1.165, 1.54) is 5.56 Å². The molecule has 3 nitrogen and oxygen atoms in total. The Hall–Kier alpha value is -1.09. The molecule has 0 unspecified atom stereocenters. The van der Waals surface area contributed by atoms with Crippen molar-refractivity contribution in [1.82, 2.24) is 14.6 Å². The fourth-order valence-corrected chi connectivity index (χ4v) is 1.39. The van der Waals surface area contributed by atoms with Crippen LogP contribution >= 0.6 is 11.6 Å². The molecule has 0 saturated heterocycles. The van der Waals surface area contributed by atoms with Crippen LogP contribution in [0, 0.1) is 6.92 Å². The summed E-state index contributed by atoms with van der Waals surface area (Å²) in [5.74, 6) is 1.37. The van der Waals surface area contributed by atoms with Crippen molar-refractivity contribution >= 4 is 17.2 Å². The fraction of sp³-hybridized carbons (Fsp3) is 0.333. The molecule has 0 saturated carbocycles. The molecule has 0 aliphatic heterocycles. The zero-order chi connectivity index (χ0) is 9.26. The van der Waals surface area contributed by atoms with Crippen molar-refractivity contribution in [3.05, 3.63) is 29.7 Å². The fourth-order valence-electron chi connectivity index (χ4n) is 1.22. The van der Waals surface area contributed by atoms with E-state index in [4.69, 9.17) is 11.6 Å². The Morgan fingerprint density at radius 2 is 2.31 bits per heavy atom. The van der Waals surface area contributed by atoms with Gasteiger partial charge < -0.3 is 0 Å². The van der Waals surface area contributed by atoms with Crippen LogP contribution in [-0.2, 0) is 6.42 Å². The standard InChI is InChI=1S/C9H10ClN3/c1-7-2-3-9-11-8(4-5-10)12-13(9)6-7/h2-3,6H,4-5H2,1H3. The maximum atomic E-state index is 5.61. The number of nitrogens with zero attached hydrogens (tertiary/aromatic N) is 3.